The molecule has 2 rings (SSSR count). The summed E-state index contributed by atoms with van der Waals surface area (Å²) in [5.41, 5.74) is 2.17. The number of anilines is 1. The van der Waals surface area contributed by atoms with Gasteiger partial charge in [0.05, 0.1) is 5.52 Å². The summed E-state index contributed by atoms with van der Waals surface area (Å²) in [6.07, 6.45) is 0. The number of carbonyl (C=O) groups is 1. The normalized spacial score (nSPS) is 10.9. The Bertz CT molecular complexity index is 627. The molecule has 0 saturated heterocycles. The molecule has 1 amide bonds. The fourth-order valence-corrected chi connectivity index (χ4v) is 2.11. The van der Waals surface area contributed by atoms with Gasteiger partial charge in [-0.25, -0.2) is 4.98 Å². The van der Waals surface area contributed by atoms with E-state index < -0.39 is 0 Å². The second-order valence-electron chi connectivity index (χ2n) is 4.97. The van der Waals surface area contributed by atoms with Crippen LogP contribution in [0, 0.1) is 0 Å². The molecule has 2 N–H and O–H groups in total. The molecule has 1 heterocycles. The molecule has 0 saturated carbocycles. The van der Waals surface area contributed by atoms with Crippen LogP contribution >= 0.6 is 0 Å². The molecule has 0 radical (unpaired) electrons. The van der Waals surface area contributed by atoms with Crippen molar-refractivity contribution in [3.05, 3.63) is 36.0 Å². The zero-order valence-corrected chi connectivity index (χ0v) is 12.8. The number of fused-ring (bicyclic) bond motifs is 1. The summed E-state index contributed by atoms with van der Waals surface area (Å²) in [7, 11) is 3.87. The van der Waals surface area contributed by atoms with Gasteiger partial charge < -0.3 is 15.5 Å². The van der Waals surface area contributed by atoms with E-state index in [9.17, 15) is 4.79 Å². The van der Waals surface area contributed by atoms with Crippen LogP contribution in [0.4, 0.5) is 5.69 Å². The molecular formula is C16H22N4O. The molecule has 0 fully saturated rings. The largest absolute Gasteiger partial charge is 0.388 e. The van der Waals surface area contributed by atoms with E-state index >= 15 is 0 Å². The van der Waals surface area contributed by atoms with Crippen molar-refractivity contribution in [2.45, 2.75) is 6.92 Å². The average Bonchev–Trinajstić information content (AvgIpc) is 2.53. The molecule has 5 heteroatoms. The molecule has 0 aliphatic rings. The van der Waals surface area contributed by atoms with Crippen LogP contribution in [0.3, 0.4) is 0 Å². The number of hydrogen-bond acceptors (Lipinski definition) is 4. The molecule has 0 atom stereocenters. The van der Waals surface area contributed by atoms with Gasteiger partial charge in [0, 0.05) is 31.2 Å². The summed E-state index contributed by atoms with van der Waals surface area (Å²) in [5, 5.41) is 7.05. The van der Waals surface area contributed by atoms with Crippen molar-refractivity contribution < 1.29 is 4.79 Å². The van der Waals surface area contributed by atoms with Crippen molar-refractivity contribution in [1.29, 1.82) is 0 Å². The van der Waals surface area contributed by atoms with Crippen LogP contribution in [0.25, 0.3) is 10.9 Å². The molecule has 0 bridgehead atoms. The first-order valence-electron chi connectivity index (χ1n) is 7.20. The summed E-state index contributed by atoms with van der Waals surface area (Å²) < 4.78 is 0. The lowest BCUT2D eigenvalue weighted by Gasteiger charge is -2.14. The molecule has 112 valence electrons. The lowest BCUT2D eigenvalue weighted by atomic mass is 10.1. The number of amides is 1. The number of likely N-dealkylation sites (N-methyl/N-ethyl adjacent to an activating group) is 1. The number of carbonyl (C=O) groups excluding carboxylic acids is 1. The number of aromatic nitrogens is 1. The smallest absolute Gasteiger partial charge is 0.270 e. The highest BCUT2D eigenvalue weighted by molar-refractivity contribution is 5.99. The van der Waals surface area contributed by atoms with E-state index in [1.54, 1.807) is 6.07 Å². The predicted molar refractivity (Wildman–Crippen MR) is 86.8 cm³/mol. The third-order valence-electron chi connectivity index (χ3n) is 3.54. The van der Waals surface area contributed by atoms with E-state index in [4.69, 9.17) is 0 Å². The first kappa shape index (κ1) is 15.3. The van der Waals surface area contributed by atoms with Crippen LogP contribution in [-0.4, -0.2) is 49.5 Å². The summed E-state index contributed by atoms with van der Waals surface area (Å²) in [6, 6.07) is 9.59. The second kappa shape index (κ2) is 7.04. The van der Waals surface area contributed by atoms with Gasteiger partial charge in [-0.05, 0) is 25.7 Å². The van der Waals surface area contributed by atoms with Crippen LogP contribution in [0.1, 0.15) is 17.4 Å². The van der Waals surface area contributed by atoms with Crippen molar-refractivity contribution in [3.8, 4) is 0 Å². The number of benzene rings is 1. The monoisotopic (exact) mass is 286 g/mol. The molecule has 0 aliphatic heterocycles. The van der Waals surface area contributed by atoms with E-state index in [-0.39, 0.29) is 5.91 Å². The van der Waals surface area contributed by atoms with E-state index in [0.29, 0.717) is 12.2 Å². The fourth-order valence-electron chi connectivity index (χ4n) is 2.11. The molecule has 2 aromatic rings. The first-order valence-corrected chi connectivity index (χ1v) is 7.20. The van der Waals surface area contributed by atoms with Crippen LogP contribution in [0.15, 0.2) is 30.3 Å². The van der Waals surface area contributed by atoms with Gasteiger partial charge in [-0.1, -0.05) is 25.1 Å². The van der Waals surface area contributed by atoms with Gasteiger partial charge in [0.25, 0.3) is 5.91 Å². The van der Waals surface area contributed by atoms with E-state index in [0.717, 1.165) is 29.7 Å². The second-order valence-corrected chi connectivity index (χ2v) is 4.97. The van der Waals surface area contributed by atoms with Gasteiger partial charge in [-0.2, -0.15) is 0 Å². The molecule has 1 aromatic heterocycles. The van der Waals surface area contributed by atoms with Crippen molar-refractivity contribution in [2.24, 2.45) is 0 Å². The molecule has 0 spiro atoms. The van der Waals surface area contributed by atoms with E-state index in [2.05, 4.69) is 27.4 Å². The molecule has 0 unspecified atom stereocenters. The quantitative estimate of drug-likeness (QED) is 0.852. The molecule has 1 aromatic carbocycles. The Morgan fingerprint density at radius 3 is 2.81 bits per heavy atom. The molecular weight excluding hydrogens is 264 g/mol. The van der Waals surface area contributed by atoms with Gasteiger partial charge >= 0.3 is 0 Å². The number of nitrogens with one attached hydrogen (secondary N) is 2. The summed E-state index contributed by atoms with van der Waals surface area (Å²) >= 11 is 0. The number of hydrogen-bond donors (Lipinski definition) is 2. The highest BCUT2D eigenvalue weighted by atomic mass is 16.1. The van der Waals surface area contributed by atoms with Crippen molar-refractivity contribution in [1.82, 2.24) is 15.2 Å². The Balaban J connectivity index is 2.16. The topological polar surface area (TPSA) is 57.3 Å². The molecule has 21 heavy (non-hydrogen) atoms. The van der Waals surface area contributed by atoms with Crippen LogP contribution in [0.2, 0.25) is 0 Å². The lowest BCUT2D eigenvalue weighted by Crippen LogP contribution is -2.33. The highest BCUT2D eigenvalue weighted by Gasteiger charge is 2.11. The first-order chi connectivity index (χ1) is 10.2. The Hall–Kier alpha value is -2.14. The van der Waals surface area contributed by atoms with Crippen molar-refractivity contribution in [3.63, 3.8) is 0 Å². The van der Waals surface area contributed by atoms with Crippen LogP contribution < -0.4 is 10.6 Å². The molecule has 0 aliphatic carbocycles. The average molecular weight is 286 g/mol. The fraction of sp³-hybridized carbons (Fsp3) is 0.375. The lowest BCUT2D eigenvalue weighted by molar-refractivity contribution is 0.0945. The van der Waals surface area contributed by atoms with Gasteiger partial charge in [0.1, 0.15) is 5.69 Å². The van der Waals surface area contributed by atoms with Crippen molar-refractivity contribution >= 4 is 22.5 Å². The Labute approximate surface area is 125 Å². The number of pyridine rings is 1. The Morgan fingerprint density at radius 1 is 1.33 bits per heavy atom. The van der Waals surface area contributed by atoms with Gasteiger partial charge in [0.2, 0.25) is 0 Å². The van der Waals surface area contributed by atoms with Crippen LogP contribution in [0.5, 0.6) is 0 Å². The van der Waals surface area contributed by atoms with Crippen LogP contribution in [-0.2, 0) is 0 Å². The Morgan fingerprint density at radius 2 is 2.10 bits per heavy atom. The molecule has 5 nitrogen and oxygen atoms in total. The minimum absolute atomic E-state index is 0.137. The van der Waals surface area contributed by atoms with Gasteiger partial charge in [0.15, 0.2) is 0 Å². The number of rotatable bonds is 6. The Kier molecular flexibility index (Phi) is 5.11. The van der Waals surface area contributed by atoms with E-state index in [1.807, 2.05) is 38.4 Å². The minimum Gasteiger partial charge on any atom is -0.388 e. The highest BCUT2D eigenvalue weighted by Crippen LogP contribution is 2.22. The summed E-state index contributed by atoms with van der Waals surface area (Å²) in [6.45, 7) is 4.50. The summed E-state index contributed by atoms with van der Waals surface area (Å²) in [4.78, 5) is 18.8. The van der Waals surface area contributed by atoms with E-state index in [1.165, 1.54) is 0 Å². The maximum absolute atomic E-state index is 12.2. The number of nitrogens with zero attached hydrogens (tertiary/aromatic N) is 2. The number of para-hydroxylation sites is 1. The predicted octanol–water partition coefficient (Wildman–Crippen LogP) is 1.96. The zero-order chi connectivity index (χ0) is 15.2. The third-order valence-corrected chi connectivity index (χ3v) is 3.54. The van der Waals surface area contributed by atoms with Gasteiger partial charge in [-0.15, -0.1) is 0 Å². The SMILES string of the molecule is CCN(C)CCNC(=O)c1cc(NC)c2ccccc2n1. The maximum atomic E-state index is 12.2. The zero-order valence-electron chi connectivity index (χ0n) is 12.8. The summed E-state index contributed by atoms with van der Waals surface area (Å²) in [5.74, 6) is -0.137. The van der Waals surface area contributed by atoms with Crippen molar-refractivity contribution in [2.75, 3.05) is 39.0 Å². The standard InChI is InChI=1S/C16H22N4O/c1-4-20(3)10-9-18-16(21)15-11-14(17-2)12-7-5-6-8-13(12)19-15/h5-8,11H,4,9-10H2,1-3H3,(H,17,19)(H,18,21). The maximum Gasteiger partial charge on any atom is 0.270 e. The van der Waals surface area contributed by atoms with Gasteiger partial charge in [-0.3, -0.25) is 4.79 Å². The minimum atomic E-state index is -0.137. The third kappa shape index (κ3) is 3.70.